The number of ether oxygens (including phenoxy) is 2. The second kappa shape index (κ2) is 14.6. The second-order valence-electron chi connectivity index (χ2n) is 12.1. The number of rotatable bonds is 5. The van der Waals surface area contributed by atoms with Crippen molar-refractivity contribution in [3.05, 3.63) is 42.5 Å². The predicted molar refractivity (Wildman–Crippen MR) is 167 cm³/mol. The highest BCUT2D eigenvalue weighted by molar-refractivity contribution is 5.90. The van der Waals surface area contributed by atoms with Gasteiger partial charge in [0.1, 0.15) is 18.2 Å². The van der Waals surface area contributed by atoms with Crippen molar-refractivity contribution in [2.75, 3.05) is 53.0 Å². The van der Waals surface area contributed by atoms with Crippen LogP contribution in [0, 0.1) is 11.8 Å². The van der Waals surface area contributed by atoms with E-state index in [1.165, 1.54) is 11.8 Å². The number of hydrogen-bond donors (Lipinski definition) is 0. The Balaban J connectivity index is 1.35. The number of amides is 3. The molecule has 1 aromatic carbocycles. The maximum absolute atomic E-state index is 13.8. The van der Waals surface area contributed by atoms with Gasteiger partial charge in [0.25, 0.3) is 5.91 Å². The van der Waals surface area contributed by atoms with Gasteiger partial charge in [0.05, 0.1) is 19.6 Å². The van der Waals surface area contributed by atoms with Gasteiger partial charge in [-0.3, -0.25) is 14.4 Å². The molecule has 13 nitrogen and oxygen atoms in total. The molecule has 2 aliphatic rings. The van der Waals surface area contributed by atoms with Gasteiger partial charge < -0.3 is 28.7 Å². The maximum Gasteiger partial charge on any atom is 0.314 e. The SMILES string of the molecule is COc1nc(C(=O)N2CCCCN(C(=O)C3CC(=O)N(CC(C)C)C3)CCOc3cccc(c3)-c3nccn3CCC2)nn1C. The van der Waals surface area contributed by atoms with E-state index in [0.717, 1.165) is 11.4 Å². The van der Waals surface area contributed by atoms with Crippen molar-refractivity contribution in [1.82, 2.24) is 39.0 Å². The molecule has 2 aromatic heterocycles. The van der Waals surface area contributed by atoms with Gasteiger partial charge in [0, 0.05) is 70.7 Å². The smallest absolute Gasteiger partial charge is 0.314 e. The first-order valence-corrected chi connectivity index (χ1v) is 15.8. The lowest BCUT2D eigenvalue weighted by Crippen LogP contribution is -2.41. The van der Waals surface area contributed by atoms with Crippen molar-refractivity contribution in [2.24, 2.45) is 18.9 Å². The van der Waals surface area contributed by atoms with Gasteiger partial charge >= 0.3 is 6.01 Å². The number of hydrogen-bond acceptors (Lipinski definition) is 8. The van der Waals surface area contributed by atoms with E-state index in [1.54, 1.807) is 18.1 Å². The van der Waals surface area contributed by atoms with Crippen LogP contribution in [-0.4, -0.2) is 110 Å². The standard InChI is InChI=1S/C32H44N8O5/c1-23(2)21-40-22-25(20-27(40)41)30(42)39-13-6-5-12-38(31(43)28-34-32(44-4)36(3)35-28)15-8-14-37-16-11-33-29(37)24-9-7-10-26(19-24)45-18-17-39/h7,9-11,16,19,23,25H,5-6,8,12-15,17-18,20-22H2,1-4H3. The number of benzene rings is 1. The zero-order chi connectivity index (χ0) is 31.9. The molecule has 13 heteroatoms. The first-order chi connectivity index (χ1) is 21.7. The van der Waals surface area contributed by atoms with Crippen LogP contribution in [0.15, 0.2) is 36.7 Å². The molecule has 2 aliphatic heterocycles. The van der Waals surface area contributed by atoms with Crippen LogP contribution in [-0.2, 0) is 23.2 Å². The van der Waals surface area contributed by atoms with Crippen LogP contribution >= 0.6 is 0 Å². The van der Waals surface area contributed by atoms with Crippen molar-refractivity contribution in [3.63, 3.8) is 0 Å². The summed E-state index contributed by atoms with van der Waals surface area (Å²) in [6, 6.07) is 8.05. The Hall–Kier alpha value is -4.42. The summed E-state index contributed by atoms with van der Waals surface area (Å²) in [5.41, 5.74) is 0.919. The number of fused-ring (bicyclic) bond motifs is 4. The van der Waals surface area contributed by atoms with E-state index >= 15 is 0 Å². The normalized spacial score (nSPS) is 18.5. The minimum atomic E-state index is -0.365. The van der Waals surface area contributed by atoms with Crippen LogP contribution in [0.2, 0.25) is 0 Å². The molecule has 0 radical (unpaired) electrons. The molecule has 2 bridgehead atoms. The monoisotopic (exact) mass is 620 g/mol. The minimum Gasteiger partial charge on any atom is -0.492 e. The molecule has 0 saturated carbocycles. The van der Waals surface area contributed by atoms with Crippen LogP contribution in [0.3, 0.4) is 0 Å². The average molecular weight is 621 g/mol. The molecule has 3 amide bonds. The lowest BCUT2D eigenvalue weighted by molar-refractivity contribution is -0.136. The molecule has 1 atom stereocenters. The quantitative estimate of drug-likeness (QED) is 0.426. The Morgan fingerprint density at radius 3 is 2.60 bits per heavy atom. The first-order valence-electron chi connectivity index (χ1n) is 15.8. The van der Waals surface area contributed by atoms with Crippen LogP contribution in [0.25, 0.3) is 11.4 Å². The molecule has 1 fully saturated rings. The van der Waals surface area contributed by atoms with Gasteiger partial charge in [0.2, 0.25) is 17.6 Å². The highest BCUT2D eigenvalue weighted by atomic mass is 16.5. The van der Waals surface area contributed by atoms with E-state index in [2.05, 4.69) is 33.5 Å². The molecule has 5 rings (SSSR count). The minimum absolute atomic E-state index is 0.0235. The summed E-state index contributed by atoms with van der Waals surface area (Å²) in [6.45, 7) is 8.12. The van der Waals surface area contributed by atoms with Gasteiger partial charge in [-0.25, -0.2) is 9.67 Å². The van der Waals surface area contributed by atoms with Crippen LogP contribution in [0.4, 0.5) is 0 Å². The van der Waals surface area contributed by atoms with Crippen molar-refractivity contribution < 1.29 is 23.9 Å². The zero-order valence-corrected chi connectivity index (χ0v) is 26.7. The first kappa shape index (κ1) is 32.0. The topological polar surface area (TPSA) is 128 Å². The molecule has 1 saturated heterocycles. The van der Waals surface area contributed by atoms with E-state index in [9.17, 15) is 14.4 Å². The fourth-order valence-electron chi connectivity index (χ4n) is 6.03. The number of methoxy groups -OCH3 is 1. The van der Waals surface area contributed by atoms with Gasteiger partial charge in [-0.2, -0.15) is 4.98 Å². The van der Waals surface area contributed by atoms with Crippen LogP contribution in [0.1, 0.15) is 50.1 Å². The average Bonchev–Trinajstić information content (AvgIpc) is 3.74. The number of imidazole rings is 1. The molecule has 1 unspecified atom stereocenters. The molecular weight excluding hydrogens is 576 g/mol. The number of aryl methyl sites for hydroxylation is 2. The van der Waals surface area contributed by atoms with Crippen molar-refractivity contribution in [3.8, 4) is 23.1 Å². The van der Waals surface area contributed by atoms with Crippen molar-refractivity contribution in [1.29, 1.82) is 0 Å². The van der Waals surface area contributed by atoms with E-state index in [-0.39, 0.29) is 41.9 Å². The van der Waals surface area contributed by atoms with E-state index in [0.29, 0.717) is 83.4 Å². The zero-order valence-electron chi connectivity index (χ0n) is 26.7. The molecule has 0 aliphatic carbocycles. The summed E-state index contributed by atoms with van der Waals surface area (Å²) in [6.07, 6.45) is 6.01. The summed E-state index contributed by atoms with van der Waals surface area (Å²) in [5, 5.41) is 4.27. The summed E-state index contributed by atoms with van der Waals surface area (Å²) < 4.78 is 14.9. The molecular formula is C32H44N8O5. The molecule has 0 N–H and O–H groups in total. The maximum atomic E-state index is 13.8. The van der Waals surface area contributed by atoms with Crippen molar-refractivity contribution >= 4 is 17.7 Å². The number of nitrogens with zero attached hydrogens (tertiary/aromatic N) is 8. The lowest BCUT2D eigenvalue weighted by Gasteiger charge is -2.27. The van der Waals surface area contributed by atoms with Gasteiger partial charge in [0.15, 0.2) is 0 Å². The highest BCUT2D eigenvalue weighted by Crippen LogP contribution is 2.25. The Kier molecular flexibility index (Phi) is 10.4. The van der Waals surface area contributed by atoms with E-state index < -0.39 is 0 Å². The van der Waals surface area contributed by atoms with E-state index in [1.807, 2.05) is 40.3 Å². The number of aromatic nitrogens is 5. The Bertz CT molecular complexity index is 1480. The number of carbonyl (C=O) groups excluding carboxylic acids is 3. The molecule has 3 aromatic rings. The third kappa shape index (κ3) is 7.81. The Morgan fingerprint density at radius 2 is 1.84 bits per heavy atom. The summed E-state index contributed by atoms with van der Waals surface area (Å²) in [7, 11) is 3.18. The number of carbonyl (C=O) groups is 3. The third-order valence-electron chi connectivity index (χ3n) is 8.22. The van der Waals surface area contributed by atoms with Gasteiger partial charge in [-0.15, -0.1) is 5.10 Å². The van der Waals surface area contributed by atoms with E-state index in [4.69, 9.17) is 9.47 Å². The highest BCUT2D eigenvalue weighted by Gasteiger charge is 2.36. The third-order valence-corrected chi connectivity index (χ3v) is 8.22. The molecule has 242 valence electrons. The largest absolute Gasteiger partial charge is 0.492 e. The molecule has 0 spiro atoms. The Morgan fingerprint density at radius 1 is 1.07 bits per heavy atom. The lowest BCUT2D eigenvalue weighted by atomic mass is 10.1. The fraction of sp³-hybridized carbons (Fsp3) is 0.562. The van der Waals surface area contributed by atoms with Crippen molar-refractivity contribution in [2.45, 2.75) is 46.1 Å². The summed E-state index contributed by atoms with van der Waals surface area (Å²) in [5.74, 6) is 1.33. The predicted octanol–water partition coefficient (Wildman–Crippen LogP) is 2.73. The summed E-state index contributed by atoms with van der Waals surface area (Å²) in [4.78, 5) is 54.2. The molecule has 45 heavy (non-hydrogen) atoms. The van der Waals surface area contributed by atoms with Gasteiger partial charge in [-0.1, -0.05) is 26.0 Å². The fourth-order valence-corrected chi connectivity index (χ4v) is 6.03. The second-order valence-corrected chi connectivity index (χ2v) is 12.1. The summed E-state index contributed by atoms with van der Waals surface area (Å²) >= 11 is 0. The molecule has 4 heterocycles. The van der Waals surface area contributed by atoms with Crippen LogP contribution in [0.5, 0.6) is 11.8 Å². The van der Waals surface area contributed by atoms with Gasteiger partial charge in [-0.05, 0) is 37.3 Å². The Labute approximate surface area is 264 Å². The number of likely N-dealkylation sites (tertiary alicyclic amines) is 1. The van der Waals surface area contributed by atoms with Crippen LogP contribution < -0.4 is 9.47 Å².